The first kappa shape index (κ1) is 17.0. The molecule has 0 fully saturated rings. The van der Waals surface area contributed by atoms with Crippen LogP contribution in [0.2, 0.25) is 0 Å². The summed E-state index contributed by atoms with van der Waals surface area (Å²) in [5, 5.41) is 10.8. The second-order valence-corrected chi connectivity index (χ2v) is 5.26. The van der Waals surface area contributed by atoms with E-state index >= 15 is 0 Å². The fraction of sp³-hybridized carbons (Fsp3) is 0.0556. The molecule has 8 nitrogen and oxygen atoms in total. The number of hydrogen-bond donors (Lipinski definition) is 2. The number of esters is 1. The van der Waals surface area contributed by atoms with Gasteiger partial charge in [-0.3, -0.25) is 9.59 Å². The maximum absolute atomic E-state index is 12.3. The number of nitrogens with zero attached hydrogens (tertiary/aromatic N) is 2. The fourth-order valence-electron chi connectivity index (χ4n) is 2.33. The zero-order valence-corrected chi connectivity index (χ0v) is 13.7. The van der Waals surface area contributed by atoms with Gasteiger partial charge in [0.25, 0.3) is 11.5 Å². The van der Waals surface area contributed by atoms with Gasteiger partial charge in [-0.05, 0) is 23.8 Å². The molecule has 0 aliphatic carbocycles. The van der Waals surface area contributed by atoms with Crippen LogP contribution in [-0.4, -0.2) is 35.4 Å². The summed E-state index contributed by atoms with van der Waals surface area (Å²) in [4.78, 5) is 35.4. The minimum atomic E-state index is -0.556. The van der Waals surface area contributed by atoms with Crippen molar-refractivity contribution < 1.29 is 14.3 Å². The largest absolute Gasteiger partial charge is 0.465 e. The molecule has 3 rings (SSSR count). The van der Waals surface area contributed by atoms with E-state index < -0.39 is 11.9 Å². The van der Waals surface area contributed by atoms with Gasteiger partial charge in [0.2, 0.25) is 0 Å². The summed E-state index contributed by atoms with van der Waals surface area (Å²) >= 11 is 0. The number of fused-ring (bicyclic) bond motifs is 1. The highest BCUT2D eigenvalue weighted by Gasteiger charge is 2.13. The Hall–Kier alpha value is -3.81. The molecule has 1 heterocycles. The smallest absolute Gasteiger partial charge is 0.337 e. The fourth-order valence-corrected chi connectivity index (χ4v) is 2.33. The molecule has 0 bridgehead atoms. The lowest BCUT2D eigenvalue weighted by Crippen LogP contribution is -2.22. The van der Waals surface area contributed by atoms with Gasteiger partial charge in [-0.2, -0.15) is 10.2 Å². The van der Waals surface area contributed by atoms with Gasteiger partial charge in [0.15, 0.2) is 5.69 Å². The molecule has 8 heteroatoms. The lowest BCUT2D eigenvalue weighted by molar-refractivity contribution is 0.0600. The van der Waals surface area contributed by atoms with Crippen molar-refractivity contribution >= 4 is 28.9 Å². The maximum atomic E-state index is 12.3. The first-order valence-corrected chi connectivity index (χ1v) is 7.59. The molecule has 0 spiro atoms. The molecule has 3 aromatic rings. The number of carbonyl (C=O) groups excluding carboxylic acids is 2. The lowest BCUT2D eigenvalue weighted by atomic mass is 10.1. The van der Waals surface area contributed by atoms with Gasteiger partial charge < -0.3 is 4.74 Å². The number of aromatic nitrogens is 2. The number of methoxy groups -OCH3 is 1. The number of hydrogen-bond acceptors (Lipinski definition) is 6. The van der Waals surface area contributed by atoms with Crippen LogP contribution in [-0.2, 0) is 4.74 Å². The van der Waals surface area contributed by atoms with Crippen molar-refractivity contribution in [1.82, 2.24) is 15.6 Å². The van der Waals surface area contributed by atoms with Crippen LogP contribution in [0.25, 0.3) is 10.8 Å². The van der Waals surface area contributed by atoms with E-state index in [0.717, 1.165) is 0 Å². The zero-order chi connectivity index (χ0) is 18.5. The number of H-pyrrole nitrogens is 1. The van der Waals surface area contributed by atoms with Gasteiger partial charge >= 0.3 is 5.97 Å². The third-order valence-electron chi connectivity index (χ3n) is 3.62. The molecule has 0 saturated carbocycles. The van der Waals surface area contributed by atoms with Gasteiger partial charge in [-0.1, -0.05) is 30.3 Å². The Labute approximate surface area is 147 Å². The topological polar surface area (TPSA) is 114 Å². The minimum Gasteiger partial charge on any atom is -0.465 e. The molecule has 1 aromatic heterocycles. The summed E-state index contributed by atoms with van der Waals surface area (Å²) < 4.78 is 4.62. The quantitative estimate of drug-likeness (QED) is 0.420. The second-order valence-electron chi connectivity index (χ2n) is 5.26. The van der Waals surface area contributed by atoms with Crippen LogP contribution in [0, 0.1) is 0 Å². The van der Waals surface area contributed by atoms with Gasteiger partial charge in [0.05, 0.1) is 24.3 Å². The van der Waals surface area contributed by atoms with Crippen molar-refractivity contribution in [3.63, 3.8) is 0 Å². The monoisotopic (exact) mass is 350 g/mol. The number of ether oxygens (including phenoxy) is 1. The van der Waals surface area contributed by atoms with E-state index in [0.29, 0.717) is 21.9 Å². The SMILES string of the molecule is COC(=O)c1ccc(/C=N\NC(=O)c2n[nH]c(=O)c3ccccc23)cc1. The number of amides is 1. The number of aromatic amines is 1. The van der Waals surface area contributed by atoms with Crippen LogP contribution in [0.15, 0.2) is 58.4 Å². The van der Waals surface area contributed by atoms with Gasteiger partial charge in [0.1, 0.15) is 0 Å². The van der Waals surface area contributed by atoms with Crippen molar-refractivity contribution in [2.24, 2.45) is 5.10 Å². The van der Waals surface area contributed by atoms with Crippen LogP contribution in [0.3, 0.4) is 0 Å². The van der Waals surface area contributed by atoms with E-state index in [1.54, 1.807) is 48.5 Å². The molecule has 0 aliphatic rings. The Morgan fingerprint density at radius 2 is 1.81 bits per heavy atom. The summed E-state index contributed by atoms with van der Waals surface area (Å²) in [5.74, 6) is -0.988. The molecular weight excluding hydrogens is 336 g/mol. The predicted molar refractivity (Wildman–Crippen MR) is 95.2 cm³/mol. The molecule has 0 saturated heterocycles. The van der Waals surface area contributed by atoms with Gasteiger partial charge in [-0.15, -0.1) is 0 Å². The van der Waals surface area contributed by atoms with E-state index in [-0.39, 0.29) is 11.3 Å². The van der Waals surface area contributed by atoms with E-state index in [4.69, 9.17) is 0 Å². The maximum Gasteiger partial charge on any atom is 0.337 e. The van der Waals surface area contributed by atoms with E-state index in [1.807, 2.05) is 0 Å². The summed E-state index contributed by atoms with van der Waals surface area (Å²) in [6, 6.07) is 13.2. The number of rotatable bonds is 4. The van der Waals surface area contributed by atoms with Crippen molar-refractivity contribution in [1.29, 1.82) is 0 Å². The van der Waals surface area contributed by atoms with E-state index in [2.05, 4.69) is 25.5 Å². The highest BCUT2D eigenvalue weighted by atomic mass is 16.5. The first-order valence-electron chi connectivity index (χ1n) is 7.59. The van der Waals surface area contributed by atoms with Crippen LogP contribution in [0.1, 0.15) is 26.4 Å². The normalized spacial score (nSPS) is 10.8. The molecule has 1 amide bonds. The predicted octanol–water partition coefficient (Wildman–Crippen LogP) is 1.47. The van der Waals surface area contributed by atoms with Gasteiger partial charge in [0, 0.05) is 5.39 Å². The molecule has 0 radical (unpaired) electrons. The third kappa shape index (κ3) is 3.48. The standard InChI is InChI=1S/C18H14N4O4/c1-26-18(25)12-8-6-11(7-9-12)10-19-21-17(24)15-13-4-2-3-5-14(13)16(23)22-20-15/h2-10H,1H3,(H,21,24)(H,22,23)/b19-10-. The Morgan fingerprint density at radius 3 is 2.50 bits per heavy atom. The Bertz CT molecular complexity index is 1050. The van der Waals surface area contributed by atoms with Gasteiger partial charge in [-0.25, -0.2) is 15.3 Å². The Morgan fingerprint density at radius 1 is 1.12 bits per heavy atom. The molecule has 2 aromatic carbocycles. The summed E-state index contributed by atoms with van der Waals surface area (Å²) in [6.07, 6.45) is 1.42. The van der Waals surface area contributed by atoms with Crippen LogP contribution >= 0.6 is 0 Å². The molecular formula is C18H14N4O4. The lowest BCUT2D eigenvalue weighted by Gasteiger charge is -2.03. The molecule has 130 valence electrons. The van der Waals surface area contributed by atoms with Crippen LogP contribution in [0.5, 0.6) is 0 Å². The number of carbonyl (C=O) groups is 2. The summed E-state index contributed by atoms with van der Waals surface area (Å²) in [5.41, 5.74) is 3.15. The second kappa shape index (κ2) is 7.39. The van der Waals surface area contributed by atoms with Crippen LogP contribution < -0.4 is 11.0 Å². The van der Waals surface area contributed by atoms with E-state index in [9.17, 15) is 14.4 Å². The highest BCUT2D eigenvalue weighted by molar-refractivity contribution is 6.04. The number of nitrogens with one attached hydrogen (secondary N) is 2. The third-order valence-corrected chi connectivity index (χ3v) is 3.62. The van der Waals surface area contributed by atoms with Crippen LogP contribution in [0.4, 0.5) is 0 Å². The van der Waals surface area contributed by atoms with Crippen molar-refractivity contribution in [3.05, 3.63) is 75.7 Å². The highest BCUT2D eigenvalue weighted by Crippen LogP contribution is 2.12. The average Bonchev–Trinajstić information content (AvgIpc) is 2.68. The number of hydrazone groups is 1. The van der Waals surface area contributed by atoms with E-state index in [1.165, 1.54) is 13.3 Å². The Balaban J connectivity index is 1.75. The molecule has 26 heavy (non-hydrogen) atoms. The molecule has 2 N–H and O–H groups in total. The van der Waals surface area contributed by atoms with Crippen molar-refractivity contribution in [2.75, 3.05) is 7.11 Å². The average molecular weight is 350 g/mol. The van der Waals surface area contributed by atoms with Crippen molar-refractivity contribution in [2.45, 2.75) is 0 Å². The Kier molecular flexibility index (Phi) is 4.84. The minimum absolute atomic E-state index is 0.0680. The first-order chi connectivity index (χ1) is 12.6. The van der Waals surface area contributed by atoms with Crippen molar-refractivity contribution in [3.8, 4) is 0 Å². The summed E-state index contributed by atoms with van der Waals surface area (Å²) in [7, 11) is 1.31. The molecule has 0 atom stereocenters. The molecule has 0 aliphatic heterocycles. The summed E-state index contributed by atoms with van der Waals surface area (Å²) in [6.45, 7) is 0. The number of benzene rings is 2. The molecule has 0 unspecified atom stereocenters. The zero-order valence-electron chi connectivity index (χ0n) is 13.7.